The van der Waals surface area contributed by atoms with Crippen molar-refractivity contribution in [2.45, 2.75) is 25.9 Å². The van der Waals surface area contributed by atoms with Gasteiger partial charge >= 0.3 is 0 Å². The summed E-state index contributed by atoms with van der Waals surface area (Å²) in [6.07, 6.45) is 3.08. The molecule has 0 bridgehead atoms. The Hall–Kier alpha value is -2.30. The number of hydrogen-bond donors (Lipinski definition) is 1. The molecule has 1 unspecified atom stereocenters. The fourth-order valence-corrected chi connectivity index (χ4v) is 2.39. The second kappa shape index (κ2) is 5.24. The van der Waals surface area contributed by atoms with Gasteiger partial charge in [-0.05, 0) is 38.0 Å². The van der Waals surface area contributed by atoms with Gasteiger partial charge in [0.05, 0.1) is 5.69 Å². The SMILES string of the molecule is C=CCN1C(=O)C(C)Oc2ccc(NC(=O)C3CC3)cc21. The van der Waals surface area contributed by atoms with Crippen LogP contribution in [0.15, 0.2) is 30.9 Å². The fraction of sp³-hybridized carbons (Fsp3) is 0.375. The van der Waals surface area contributed by atoms with Crippen LogP contribution in [0.3, 0.4) is 0 Å². The highest BCUT2D eigenvalue weighted by molar-refractivity contribution is 6.01. The van der Waals surface area contributed by atoms with Crippen molar-refractivity contribution >= 4 is 23.2 Å². The van der Waals surface area contributed by atoms with Crippen molar-refractivity contribution in [2.75, 3.05) is 16.8 Å². The van der Waals surface area contributed by atoms with Crippen LogP contribution in [0.4, 0.5) is 11.4 Å². The second-order valence-corrected chi connectivity index (χ2v) is 5.44. The molecule has 1 aliphatic carbocycles. The quantitative estimate of drug-likeness (QED) is 0.864. The van der Waals surface area contributed by atoms with Crippen molar-refractivity contribution in [1.29, 1.82) is 0 Å². The highest BCUT2D eigenvalue weighted by Gasteiger charge is 2.32. The summed E-state index contributed by atoms with van der Waals surface area (Å²) in [4.78, 5) is 25.7. The molecule has 2 amide bonds. The van der Waals surface area contributed by atoms with E-state index in [4.69, 9.17) is 4.74 Å². The first-order valence-corrected chi connectivity index (χ1v) is 7.14. The molecule has 1 atom stereocenters. The van der Waals surface area contributed by atoms with Crippen molar-refractivity contribution in [3.63, 3.8) is 0 Å². The Morgan fingerprint density at radius 3 is 2.95 bits per heavy atom. The molecule has 3 rings (SSSR count). The van der Waals surface area contributed by atoms with Crippen molar-refractivity contribution in [3.05, 3.63) is 30.9 Å². The first-order chi connectivity index (χ1) is 10.1. The number of nitrogens with one attached hydrogen (secondary N) is 1. The van der Waals surface area contributed by atoms with Crippen LogP contribution in [0.2, 0.25) is 0 Å². The fourth-order valence-electron chi connectivity index (χ4n) is 2.39. The first-order valence-electron chi connectivity index (χ1n) is 7.14. The maximum atomic E-state index is 12.2. The molecule has 2 aliphatic rings. The number of nitrogens with zero attached hydrogens (tertiary/aromatic N) is 1. The van der Waals surface area contributed by atoms with Gasteiger partial charge in [-0.15, -0.1) is 6.58 Å². The molecule has 110 valence electrons. The Labute approximate surface area is 123 Å². The van der Waals surface area contributed by atoms with Crippen LogP contribution < -0.4 is 15.0 Å². The zero-order chi connectivity index (χ0) is 15.0. The lowest BCUT2D eigenvalue weighted by Gasteiger charge is -2.32. The number of carbonyl (C=O) groups is 2. The van der Waals surface area contributed by atoms with Crippen LogP contribution in [0, 0.1) is 5.92 Å². The summed E-state index contributed by atoms with van der Waals surface area (Å²) in [7, 11) is 0. The highest BCUT2D eigenvalue weighted by atomic mass is 16.5. The largest absolute Gasteiger partial charge is 0.479 e. The van der Waals surface area contributed by atoms with Gasteiger partial charge in [0.15, 0.2) is 6.10 Å². The molecule has 21 heavy (non-hydrogen) atoms. The molecule has 1 aromatic rings. The van der Waals surface area contributed by atoms with E-state index in [9.17, 15) is 9.59 Å². The number of fused-ring (bicyclic) bond motifs is 1. The maximum Gasteiger partial charge on any atom is 0.268 e. The van der Waals surface area contributed by atoms with E-state index < -0.39 is 6.10 Å². The Morgan fingerprint density at radius 2 is 2.29 bits per heavy atom. The molecule has 1 N–H and O–H groups in total. The first kappa shape index (κ1) is 13.7. The Bertz CT molecular complexity index is 608. The van der Waals surface area contributed by atoms with E-state index >= 15 is 0 Å². The van der Waals surface area contributed by atoms with Gasteiger partial charge in [-0.25, -0.2) is 0 Å². The molecule has 0 aromatic heterocycles. The van der Waals surface area contributed by atoms with Crippen LogP contribution >= 0.6 is 0 Å². The summed E-state index contributed by atoms with van der Waals surface area (Å²) < 4.78 is 5.60. The maximum absolute atomic E-state index is 12.2. The summed E-state index contributed by atoms with van der Waals surface area (Å²) in [6.45, 7) is 5.83. The third-order valence-corrected chi connectivity index (χ3v) is 3.69. The molecule has 1 saturated carbocycles. The summed E-state index contributed by atoms with van der Waals surface area (Å²) in [5.41, 5.74) is 1.36. The van der Waals surface area contributed by atoms with E-state index in [1.807, 2.05) is 0 Å². The molecular formula is C16H18N2O3. The number of ether oxygens (including phenoxy) is 1. The normalized spacial score (nSPS) is 20.5. The Morgan fingerprint density at radius 1 is 1.52 bits per heavy atom. The lowest BCUT2D eigenvalue weighted by atomic mass is 10.1. The Balaban J connectivity index is 1.89. The van der Waals surface area contributed by atoms with Gasteiger partial charge in [-0.1, -0.05) is 6.08 Å². The summed E-state index contributed by atoms with van der Waals surface area (Å²) in [6, 6.07) is 5.37. The van der Waals surface area contributed by atoms with E-state index in [0.717, 1.165) is 12.8 Å². The van der Waals surface area contributed by atoms with E-state index in [1.165, 1.54) is 0 Å². The lowest BCUT2D eigenvalue weighted by molar-refractivity contribution is -0.125. The van der Waals surface area contributed by atoms with Gasteiger partial charge in [0.1, 0.15) is 5.75 Å². The minimum Gasteiger partial charge on any atom is -0.479 e. The zero-order valence-corrected chi connectivity index (χ0v) is 12.0. The molecule has 5 heteroatoms. The van der Waals surface area contributed by atoms with Gasteiger partial charge in [-0.3, -0.25) is 9.59 Å². The van der Waals surface area contributed by atoms with Crippen LogP contribution in [-0.2, 0) is 9.59 Å². The van der Waals surface area contributed by atoms with Gasteiger partial charge in [-0.2, -0.15) is 0 Å². The predicted octanol–water partition coefficient (Wildman–Crippen LogP) is 2.33. The molecular weight excluding hydrogens is 268 g/mol. The molecule has 1 heterocycles. The van der Waals surface area contributed by atoms with Gasteiger partial charge in [0.2, 0.25) is 5.91 Å². The molecule has 5 nitrogen and oxygen atoms in total. The van der Waals surface area contributed by atoms with Crippen molar-refractivity contribution < 1.29 is 14.3 Å². The van der Waals surface area contributed by atoms with Crippen molar-refractivity contribution in [3.8, 4) is 5.75 Å². The predicted molar refractivity (Wildman–Crippen MR) is 80.4 cm³/mol. The van der Waals surface area contributed by atoms with Crippen LogP contribution in [-0.4, -0.2) is 24.5 Å². The number of benzene rings is 1. The highest BCUT2D eigenvalue weighted by Crippen LogP contribution is 2.37. The zero-order valence-electron chi connectivity index (χ0n) is 12.0. The number of hydrogen-bond acceptors (Lipinski definition) is 3. The van der Waals surface area contributed by atoms with E-state index in [2.05, 4.69) is 11.9 Å². The molecule has 0 radical (unpaired) electrons. The average molecular weight is 286 g/mol. The number of amides is 2. The molecule has 0 spiro atoms. The van der Waals surface area contributed by atoms with Gasteiger partial charge < -0.3 is 15.0 Å². The average Bonchev–Trinajstić information content (AvgIpc) is 3.29. The van der Waals surface area contributed by atoms with Gasteiger partial charge in [0, 0.05) is 18.2 Å². The summed E-state index contributed by atoms with van der Waals surface area (Å²) >= 11 is 0. The minimum absolute atomic E-state index is 0.0432. The monoisotopic (exact) mass is 286 g/mol. The van der Waals surface area contributed by atoms with Crippen LogP contribution in [0.5, 0.6) is 5.75 Å². The smallest absolute Gasteiger partial charge is 0.268 e. The number of rotatable bonds is 4. The lowest BCUT2D eigenvalue weighted by Crippen LogP contribution is -2.44. The van der Waals surface area contributed by atoms with E-state index in [-0.39, 0.29) is 17.7 Å². The third-order valence-electron chi connectivity index (χ3n) is 3.69. The number of carbonyl (C=O) groups excluding carboxylic acids is 2. The third kappa shape index (κ3) is 2.63. The van der Waals surface area contributed by atoms with Gasteiger partial charge in [0.25, 0.3) is 5.91 Å². The minimum atomic E-state index is -0.510. The summed E-state index contributed by atoms with van der Waals surface area (Å²) in [5.74, 6) is 0.728. The van der Waals surface area contributed by atoms with Crippen LogP contribution in [0.1, 0.15) is 19.8 Å². The molecule has 1 aromatic carbocycles. The molecule has 1 aliphatic heterocycles. The number of anilines is 2. The molecule has 1 fully saturated rings. The summed E-state index contributed by atoms with van der Waals surface area (Å²) in [5, 5.41) is 2.88. The van der Waals surface area contributed by atoms with E-state index in [0.29, 0.717) is 23.7 Å². The van der Waals surface area contributed by atoms with Crippen molar-refractivity contribution in [1.82, 2.24) is 0 Å². The van der Waals surface area contributed by atoms with Crippen LogP contribution in [0.25, 0.3) is 0 Å². The standard InChI is InChI=1S/C16H18N2O3/c1-3-8-18-13-9-12(17-15(19)11-4-5-11)6-7-14(13)21-10(2)16(18)20/h3,6-7,9-11H,1,4-5,8H2,2H3,(H,17,19). The topological polar surface area (TPSA) is 58.6 Å². The second-order valence-electron chi connectivity index (χ2n) is 5.44. The van der Waals surface area contributed by atoms with Crippen molar-refractivity contribution in [2.24, 2.45) is 5.92 Å². The Kier molecular flexibility index (Phi) is 3.41. The molecule has 0 saturated heterocycles. The van der Waals surface area contributed by atoms with E-state index in [1.54, 1.807) is 36.1 Å².